The van der Waals surface area contributed by atoms with E-state index < -0.39 is 0 Å². The van der Waals surface area contributed by atoms with E-state index in [1.165, 1.54) is 19.3 Å². The van der Waals surface area contributed by atoms with Crippen molar-refractivity contribution in [3.63, 3.8) is 0 Å². The first kappa shape index (κ1) is 9.81. The second-order valence-corrected chi connectivity index (χ2v) is 3.56. The minimum atomic E-state index is 0. The van der Waals surface area contributed by atoms with Crippen molar-refractivity contribution in [2.45, 2.75) is 37.8 Å². The summed E-state index contributed by atoms with van der Waals surface area (Å²) in [5.41, 5.74) is 0.995. The van der Waals surface area contributed by atoms with Gasteiger partial charge in [-0.1, -0.05) is 5.16 Å². The van der Waals surface area contributed by atoms with Crippen LogP contribution in [0.1, 0.15) is 25.7 Å². The van der Waals surface area contributed by atoms with Crippen molar-refractivity contribution in [3.8, 4) is 0 Å². The normalized spacial score (nSPS) is 38.2. The highest BCUT2D eigenvalue weighted by atomic mass is 35.5. The Morgan fingerprint density at radius 3 is 2.83 bits per heavy atom. The molecule has 0 saturated carbocycles. The molecule has 2 rings (SSSR count). The van der Waals surface area contributed by atoms with Gasteiger partial charge >= 0.3 is 0 Å². The third kappa shape index (κ3) is 1.31. The van der Waals surface area contributed by atoms with Crippen molar-refractivity contribution in [2.24, 2.45) is 5.16 Å². The standard InChI is InChI=1S/C8H14N2O.ClH/c1-10-6-3-2-4-8(10)7(5-6)9-11;/h6,8,11H,2-5H2,1H3;1H. The molecule has 0 amide bonds. The fraction of sp³-hybridized carbons (Fsp3) is 0.875. The van der Waals surface area contributed by atoms with Gasteiger partial charge in [0, 0.05) is 12.5 Å². The van der Waals surface area contributed by atoms with E-state index in [9.17, 15) is 0 Å². The van der Waals surface area contributed by atoms with Crippen LogP contribution in [0, 0.1) is 0 Å². The number of rotatable bonds is 0. The zero-order valence-electron chi connectivity index (χ0n) is 7.23. The Morgan fingerprint density at radius 1 is 1.50 bits per heavy atom. The highest BCUT2D eigenvalue weighted by molar-refractivity contribution is 5.91. The van der Waals surface area contributed by atoms with Crippen LogP contribution in [0.15, 0.2) is 5.16 Å². The molecule has 2 aliphatic heterocycles. The van der Waals surface area contributed by atoms with E-state index in [1.54, 1.807) is 0 Å². The van der Waals surface area contributed by atoms with Crippen molar-refractivity contribution in [3.05, 3.63) is 0 Å². The summed E-state index contributed by atoms with van der Waals surface area (Å²) in [6, 6.07) is 1.10. The molecule has 0 aromatic rings. The largest absolute Gasteiger partial charge is 0.411 e. The lowest BCUT2D eigenvalue weighted by Crippen LogP contribution is -2.37. The molecule has 1 N–H and O–H groups in total. The lowest BCUT2D eigenvalue weighted by molar-refractivity contribution is 0.189. The number of fused-ring (bicyclic) bond motifs is 2. The Balaban J connectivity index is 0.000000720. The number of hydrogen-bond acceptors (Lipinski definition) is 3. The van der Waals surface area contributed by atoms with Gasteiger partial charge in [0.2, 0.25) is 0 Å². The SMILES string of the molecule is CN1C2CCCC1C(=NO)C2.Cl. The molecule has 3 nitrogen and oxygen atoms in total. The first-order chi connectivity index (χ1) is 5.33. The van der Waals surface area contributed by atoms with Gasteiger partial charge in [-0.3, -0.25) is 4.90 Å². The highest BCUT2D eigenvalue weighted by Gasteiger charge is 2.38. The topological polar surface area (TPSA) is 35.8 Å². The fourth-order valence-electron chi connectivity index (χ4n) is 2.34. The van der Waals surface area contributed by atoms with Gasteiger partial charge in [0.05, 0.1) is 11.8 Å². The van der Waals surface area contributed by atoms with Gasteiger partial charge in [-0.25, -0.2) is 0 Å². The van der Waals surface area contributed by atoms with Gasteiger partial charge in [0.25, 0.3) is 0 Å². The Labute approximate surface area is 78.8 Å². The van der Waals surface area contributed by atoms with Crippen molar-refractivity contribution >= 4 is 18.1 Å². The maximum atomic E-state index is 8.69. The second-order valence-electron chi connectivity index (χ2n) is 3.56. The molecule has 2 aliphatic rings. The van der Waals surface area contributed by atoms with E-state index in [4.69, 9.17) is 5.21 Å². The summed E-state index contributed by atoms with van der Waals surface area (Å²) in [5, 5.41) is 12.0. The van der Waals surface area contributed by atoms with E-state index in [2.05, 4.69) is 17.1 Å². The summed E-state index contributed by atoms with van der Waals surface area (Å²) < 4.78 is 0. The van der Waals surface area contributed by atoms with E-state index in [0.29, 0.717) is 12.1 Å². The van der Waals surface area contributed by atoms with Gasteiger partial charge in [-0.2, -0.15) is 0 Å². The maximum Gasteiger partial charge on any atom is 0.0757 e. The molecule has 0 aromatic carbocycles. The first-order valence-corrected chi connectivity index (χ1v) is 4.25. The monoisotopic (exact) mass is 190 g/mol. The van der Waals surface area contributed by atoms with Crippen LogP contribution in [0.5, 0.6) is 0 Å². The summed E-state index contributed by atoms with van der Waals surface area (Å²) >= 11 is 0. The molecule has 2 unspecified atom stereocenters. The number of halogens is 1. The van der Waals surface area contributed by atoms with Crippen LogP contribution in [-0.2, 0) is 0 Å². The Hall–Kier alpha value is -0.280. The summed E-state index contributed by atoms with van der Waals surface area (Å²) in [5.74, 6) is 0. The fourth-order valence-corrected chi connectivity index (χ4v) is 2.34. The van der Waals surface area contributed by atoms with E-state index in [0.717, 1.165) is 12.1 Å². The molecular weight excluding hydrogens is 176 g/mol. The van der Waals surface area contributed by atoms with E-state index >= 15 is 0 Å². The van der Waals surface area contributed by atoms with E-state index in [1.807, 2.05) is 0 Å². The molecular formula is C8H15ClN2O. The quantitative estimate of drug-likeness (QED) is 0.464. The maximum absolute atomic E-state index is 8.69. The molecule has 4 heteroatoms. The lowest BCUT2D eigenvalue weighted by Gasteiger charge is -2.29. The van der Waals surface area contributed by atoms with Crippen LogP contribution in [0.2, 0.25) is 0 Å². The number of hydrogen-bond donors (Lipinski definition) is 1. The van der Waals surface area contributed by atoms with Crippen LogP contribution in [-0.4, -0.2) is 35.0 Å². The minimum absolute atomic E-state index is 0. The minimum Gasteiger partial charge on any atom is -0.411 e. The number of nitrogens with zero attached hydrogens (tertiary/aromatic N) is 2. The van der Waals surface area contributed by atoms with Gasteiger partial charge in [0.15, 0.2) is 0 Å². The molecule has 2 fully saturated rings. The summed E-state index contributed by atoms with van der Waals surface area (Å²) in [4.78, 5) is 2.35. The Bertz CT molecular complexity index is 195. The molecule has 0 radical (unpaired) electrons. The van der Waals surface area contributed by atoms with Crippen LogP contribution in [0.4, 0.5) is 0 Å². The molecule has 0 aromatic heterocycles. The average Bonchev–Trinajstić information content (AvgIpc) is 2.23. The molecule has 0 aliphatic carbocycles. The zero-order chi connectivity index (χ0) is 7.84. The van der Waals surface area contributed by atoms with Crippen LogP contribution >= 0.6 is 12.4 Å². The zero-order valence-corrected chi connectivity index (χ0v) is 8.05. The van der Waals surface area contributed by atoms with Crippen molar-refractivity contribution in [1.82, 2.24) is 4.90 Å². The smallest absolute Gasteiger partial charge is 0.0757 e. The van der Waals surface area contributed by atoms with Crippen LogP contribution < -0.4 is 0 Å². The van der Waals surface area contributed by atoms with Crippen LogP contribution in [0.25, 0.3) is 0 Å². The van der Waals surface area contributed by atoms with Gasteiger partial charge in [-0.05, 0) is 26.3 Å². The average molecular weight is 191 g/mol. The summed E-state index contributed by atoms with van der Waals surface area (Å²) in [6.45, 7) is 0. The van der Waals surface area contributed by atoms with Crippen molar-refractivity contribution < 1.29 is 5.21 Å². The molecule has 2 atom stereocenters. The Morgan fingerprint density at radius 2 is 2.25 bits per heavy atom. The molecule has 70 valence electrons. The molecule has 2 bridgehead atoms. The van der Waals surface area contributed by atoms with Gasteiger partial charge < -0.3 is 5.21 Å². The third-order valence-electron chi connectivity index (χ3n) is 3.04. The molecule has 12 heavy (non-hydrogen) atoms. The Kier molecular flexibility index (Phi) is 2.96. The van der Waals surface area contributed by atoms with Gasteiger partial charge in [-0.15, -0.1) is 12.4 Å². The third-order valence-corrected chi connectivity index (χ3v) is 3.04. The molecule has 0 spiro atoms. The first-order valence-electron chi connectivity index (χ1n) is 4.25. The lowest BCUT2D eigenvalue weighted by atomic mass is 10.0. The highest BCUT2D eigenvalue weighted by Crippen LogP contribution is 2.32. The number of oxime groups is 1. The van der Waals surface area contributed by atoms with Crippen molar-refractivity contribution in [1.29, 1.82) is 0 Å². The molecule has 2 heterocycles. The van der Waals surface area contributed by atoms with Crippen molar-refractivity contribution in [2.75, 3.05) is 7.05 Å². The second kappa shape index (κ2) is 3.62. The van der Waals surface area contributed by atoms with E-state index in [-0.39, 0.29) is 12.4 Å². The number of piperidine rings is 1. The summed E-state index contributed by atoms with van der Waals surface area (Å²) in [7, 11) is 2.13. The predicted octanol–water partition coefficient (Wildman–Crippen LogP) is 1.49. The summed E-state index contributed by atoms with van der Waals surface area (Å²) in [6.07, 6.45) is 4.72. The molecule has 2 saturated heterocycles. The van der Waals surface area contributed by atoms with Gasteiger partial charge in [0.1, 0.15) is 0 Å². The predicted molar refractivity (Wildman–Crippen MR) is 50.3 cm³/mol. The van der Waals surface area contributed by atoms with Crippen LogP contribution in [0.3, 0.4) is 0 Å².